The topological polar surface area (TPSA) is 86.5 Å². The lowest BCUT2D eigenvalue weighted by Crippen LogP contribution is -2.37. The van der Waals surface area contributed by atoms with E-state index in [1.807, 2.05) is 63.2 Å². The van der Waals surface area contributed by atoms with Crippen LogP contribution in [0.4, 0.5) is 0 Å². The highest BCUT2D eigenvalue weighted by Crippen LogP contribution is 2.21. The van der Waals surface area contributed by atoms with Gasteiger partial charge in [0.15, 0.2) is 6.10 Å². The maximum absolute atomic E-state index is 12.5. The molecule has 152 valence electrons. The smallest absolute Gasteiger partial charge is 0.261 e. The van der Waals surface area contributed by atoms with Crippen molar-refractivity contribution in [1.29, 1.82) is 0 Å². The number of methoxy groups -OCH3 is 1. The van der Waals surface area contributed by atoms with Crippen molar-refractivity contribution < 1.29 is 18.8 Å². The first-order valence-electron chi connectivity index (χ1n) is 9.48. The second-order valence-corrected chi connectivity index (χ2v) is 6.72. The summed E-state index contributed by atoms with van der Waals surface area (Å²) in [5, 5.41) is 6.76. The Morgan fingerprint density at radius 2 is 1.97 bits per heavy atom. The van der Waals surface area contributed by atoms with Crippen LogP contribution in [0.1, 0.15) is 30.4 Å². The normalized spacial score (nSPS) is 11.7. The summed E-state index contributed by atoms with van der Waals surface area (Å²) in [5.41, 5.74) is 3.07. The highest BCUT2D eigenvalue weighted by molar-refractivity contribution is 5.81. The minimum absolute atomic E-state index is 0.128. The Balaban J connectivity index is 1.60. The maximum atomic E-state index is 12.5. The average Bonchev–Trinajstić information content (AvgIpc) is 3.22. The van der Waals surface area contributed by atoms with Crippen molar-refractivity contribution in [2.75, 3.05) is 7.11 Å². The van der Waals surface area contributed by atoms with Crippen molar-refractivity contribution >= 4 is 5.91 Å². The van der Waals surface area contributed by atoms with Gasteiger partial charge < -0.3 is 19.3 Å². The Bertz CT molecular complexity index is 984. The molecule has 0 aliphatic carbocycles. The summed E-state index contributed by atoms with van der Waals surface area (Å²) >= 11 is 0. The lowest BCUT2D eigenvalue weighted by molar-refractivity contribution is -0.128. The molecule has 2 aromatic carbocycles. The molecule has 1 amide bonds. The van der Waals surface area contributed by atoms with E-state index in [4.69, 9.17) is 14.0 Å². The van der Waals surface area contributed by atoms with E-state index < -0.39 is 6.10 Å². The molecule has 7 heteroatoms. The molecule has 1 N–H and O–H groups in total. The van der Waals surface area contributed by atoms with E-state index >= 15 is 0 Å². The monoisotopic (exact) mass is 395 g/mol. The third-order valence-corrected chi connectivity index (χ3v) is 4.63. The molecule has 1 heterocycles. The van der Waals surface area contributed by atoms with Crippen molar-refractivity contribution in [2.24, 2.45) is 0 Å². The lowest BCUT2D eigenvalue weighted by Gasteiger charge is -2.17. The number of rotatable bonds is 8. The molecule has 7 nitrogen and oxygen atoms in total. The predicted octanol–water partition coefficient (Wildman–Crippen LogP) is 3.84. The summed E-state index contributed by atoms with van der Waals surface area (Å²) < 4.78 is 16.3. The molecule has 0 saturated carbocycles. The highest BCUT2D eigenvalue weighted by Gasteiger charge is 2.19. The number of ether oxygens (including phenoxy) is 2. The van der Waals surface area contributed by atoms with E-state index in [1.165, 1.54) is 5.56 Å². The fourth-order valence-electron chi connectivity index (χ4n) is 2.76. The first kappa shape index (κ1) is 20.4. The molecule has 0 radical (unpaired) electrons. The minimum atomic E-state index is -0.599. The van der Waals surface area contributed by atoms with Gasteiger partial charge in [0.1, 0.15) is 11.5 Å². The number of nitrogens with zero attached hydrogens (tertiary/aromatic N) is 2. The van der Waals surface area contributed by atoms with E-state index in [2.05, 4.69) is 15.5 Å². The SMILES string of the molecule is CC[C@@H](Oc1ccc(C)c(C)c1)C(=O)NCc1nc(-c2cccc(OC)c2)no1. The molecule has 1 atom stereocenters. The van der Waals surface area contributed by atoms with Gasteiger partial charge in [0.05, 0.1) is 13.7 Å². The van der Waals surface area contributed by atoms with E-state index in [-0.39, 0.29) is 12.5 Å². The van der Waals surface area contributed by atoms with Crippen LogP contribution in [-0.2, 0) is 11.3 Å². The molecule has 0 spiro atoms. The summed E-state index contributed by atoms with van der Waals surface area (Å²) in [6.45, 7) is 6.08. The molecule has 0 unspecified atom stereocenters. The first-order valence-corrected chi connectivity index (χ1v) is 9.48. The molecule has 0 fully saturated rings. The van der Waals surface area contributed by atoms with E-state index in [0.717, 1.165) is 11.1 Å². The number of nitrogens with one attached hydrogen (secondary N) is 1. The molecule has 0 aliphatic heterocycles. The van der Waals surface area contributed by atoms with Crippen LogP contribution in [0.15, 0.2) is 47.0 Å². The predicted molar refractivity (Wildman–Crippen MR) is 109 cm³/mol. The van der Waals surface area contributed by atoms with Crippen LogP contribution in [0.3, 0.4) is 0 Å². The number of amides is 1. The Morgan fingerprint density at radius 1 is 1.14 bits per heavy atom. The highest BCUT2D eigenvalue weighted by atomic mass is 16.5. The molecule has 29 heavy (non-hydrogen) atoms. The Morgan fingerprint density at radius 3 is 2.69 bits per heavy atom. The molecular formula is C22H25N3O4. The fourth-order valence-corrected chi connectivity index (χ4v) is 2.76. The van der Waals surface area contributed by atoms with Gasteiger partial charge in [0.2, 0.25) is 11.7 Å². The number of hydrogen-bond donors (Lipinski definition) is 1. The van der Waals surface area contributed by atoms with E-state index in [0.29, 0.717) is 29.6 Å². The van der Waals surface area contributed by atoms with Crippen molar-refractivity contribution in [3.63, 3.8) is 0 Å². The number of carbonyl (C=O) groups is 1. The molecule has 3 rings (SSSR count). The van der Waals surface area contributed by atoms with Gasteiger partial charge in [0.25, 0.3) is 5.91 Å². The zero-order valence-electron chi connectivity index (χ0n) is 17.1. The van der Waals surface area contributed by atoms with Crippen LogP contribution >= 0.6 is 0 Å². The van der Waals surface area contributed by atoms with Crippen LogP contribution in [0.2, 0.25) is 0 Å². The number of benzene rings is 2. The van der Waals surface area contributed by atoms with Gasteiger partial charge in [-0.05, 0) is 55.7 Å². The quantitative estimate of drug-likeness (QED) is 0.624. The Hall–Kier alpha value is -3.35. The van der Waals surface area contributed by atoms with E-state index in [1.54, 1.807) is 7.11 Å². The largest absolute Gasteiger partial charge is 0.497 e. The van der Waals surface area contributed by atoms with Crippen molar-refractivity contribution in [2.45, 2.75) is 39.8 Å². The van der Waals surface area contributed by atoms with E-state index in [9.17, 15) is 4.79 Å². The van der Waals surface area contributed by atoms with Crippen LogP contribution in [0, 0.1) is 13.8 Å². The van der Waals surface area contributed by atoms with Crippen molar-refractivity contribution in [3.05, 3.63) is 59.5 Å². The molecule has 0 bridgehead atoms. The summed E-state index contributed by atoms with van der Waals surface area (Å²) in [6.07, 6.45) is -0.0598. The average molecular weight is 395 g/mol. The second kappa shape index (κ2) is 9.23. The molecular weight excluding hydrogens is 370 g/mol. The van der Waals surface area contributed by atoms with Gasteiger partial charge >= 0.3 is 0 Å². The summed E-state index contributed by atoms with van der Waals surface area (Å²) in [6, 6.07) is 13.2. The molecule has 1 aromatic heterocycles. The molecule has 0 saturated heterocycles. The minimum Gasteiger partial charge on any atom is -0.497 e. The van der Waals surface area contributed by atoms with Crippen LogP contribution in [0.5, 0.6) is 11.5 Å². The summed E-state index contributed by atoms with van der Waals surface area (Å²) in [4.78, 5) is 16.9. The van der Waals surface area contributed by atoms with Gasteiger partial charge in [-0.2, -0.15) is 4.98 Å². The van der Waals surface area contributed by atoms with Crippen molar-refractivity contribution in [1.82, 2.24) is 15.5 Å². The number of hydrogen-bond acceptors (Lipinski definition) is 6. The first-order chi connectivity index (χ1) is 14.0. The Kier molecular flexibility index (Phi) is 6.49. The maximum Gasteiger partial charge on any atom is 0.261 e. The van der Waals surface area contributed by atoms with Gasteiger partial charge in [-0.3, -0.25) is 4.79 Å². The van der Waals surface area contributed by atoms with Crippen molar-refractivity contribution in [3.8, 4) is 22.9 Å². The van der Waals surface area contributed by atoms with Crippen LogP contribution in [-0.4, -0.2) is 29.3 Å². The number of aryl methyl sites for hydroxylation is 2. The zero-order valence-corrected chi connectivity index (χ0v) is 17.1. The van der Waals surface area contributed by atoms with Crippen LogP contribution < -0.4 is 14.8 Å². The van der Waals surface area contributed by atoms with Crippen LogP contribution in [0.25, 0.3) is 11.4 Å². The third-order valence-electron chi connectivity index (χ3n) is 4.63. The van der Waals surface area contributed by atoms with Gasteiger partial charge in [0, 0.05) is 5.56 Å². The summed E-state index contributed by atoms with van der Waals surface area (Å²) in [5.74, 6) is 1.90. The number of carbonyl (C=O) groups excluding carboxylic acids is 1. The summed E-state index contributed by atoms with van der Waals surface area (Å²) in [7, 11) is 1.60. The molecule has 3 aromatic rings. The Labute approximate surface area is 170 Å². The fraction of sp³-hybridized carbons (Fsp3) is 0.318. The second-order valence-electron chi connectivity index (χ2n) is 6.72. The lowest BCUT2D eigenvalue weighted by atomic mass is 10.1. The van der Waals surface area contributed by atoms with Gasteiger partial charge in [-0.1, -0.05) is 30.3 Å². The standard InChI is InChI=1S/C22H25N3O4/c1-5-19(28-18-10-9-14(2)15(3)11-18)22(26)23-13-20-24-21(25-29-20)16-7-6-8-17(12-16)27-4/h6-12,19H,5,13H2,1-4H3,(H,23,26)/t19-/m1/s1. The zero-order chi connectivity index (χ0) is 20.8. The van der Waals surface area contributed by atoms with Gasteiger partial charge in [-0.25, -0.2) is 0 Å². The molecule has 0 aliphatic rings. The third kappa shape index (κ3) is 5.13. The van der Waals surface area contributed by atoms with Gasteiger partial charge in [-0.15, -0.1) is 0 Å². The number of aromatic nitrogens is 2.